The van der Waals surface area contributed by atoms with E-state index in [0.717, 1.165) is 5.56 Å². The molecule has 0 saturated heterocycles. The molecule has 0 aromatic heterocycles. The lowest BCUT2D eigenvalue weighted by molar-refractivity contribution is 0.0950. The van der Waals surface area contributed by atoms with E-state index in [1.165, 1.54) is 4.31 Å². The van der Waals surface area contributed by atoms with Crippen molar-refractivity contribution in [2.75, 3.05) is 13.8 Å². The van der Waals surface area contributed by atoms with Crippen molar-refractivity contribution in [3.05, 3.63) is 53.6 Å². The minimum atomic E-state index is -3.51. The van der Waals surface area contributed by atoms with Crippen LogP contribution < -0.4 is 14.8 Å². The lowest BCUT2D eigenvalue weighted by Gasteiger charge is -2.21. The SMILES string of the molecule is CC(C)N(C)S(=O)(=O)c1ccc(CNC(=O)c2ccc3c(c2)OCO3)cc1. The Kier molecular flexibility index (Phi) is 5.38. The molecule has 0 unspecified atom stereocenters. The molecule has 0 spiro atoms. The Balaban J connectivity index is 1.64. The number of benzene rings is 2. The second-order valence-electron chi connectivity index (χ2n) is 6.51. The smallest absolute Gasteiger partial charge is 0.251 e. The number of ether oxygens (including phenoxy) is 2. The second-order valence-corrected chi connectivity index (χ2v) is 8.51. The second kappa shape index (κ2) is 7.58. The van der Waals surface area contributed by atoms with E-state index in [1.54, 1.807) is 49.5 Å². The summed E-state index contributed by atoms with van der Waals surface area (Å²) in [4.78, 5) is 12.5. The largest absolute Gasteiger partial charge is 0.454 e. The monoisotopic (exact) mass is 390 g/mol. The molecule has 0 radical (unpaired) electrons. The number of hydrogen-bond donors (Lipinski definition) is 1. The van der Waals surface area contributed by atoms with Gasteiger partial charge in [-0.15, -0.1) is 0 Å². The van der Waals surface area contributed by atoms with Gasteiger partial charge >= 0.3 is 0 Å². The highest BCUT2D eigenvalue weighted by atomic mass is 32.2. The van der Waals surface area contributed by atoms with Crippen molar-refractivity contribution in [2.45, 2.75) is 31.3 Å². The van der Waals surface area contributed by atoms with Gasteiger partial charge in [0, 0.05) is 25.2 Å². The fourth-order valence-electron chi connectivity index (χ4n) is 2.55. The molecule has 8 heteroatoms. The zero-order chi connectivity index (χ0) is 19.6. The fraction of sp³-hybridized carbons (Fsp3) is 0.316. The molecule has 1 heterocycles. The Labute approximate surface area is 158 Å². The number of rotatable bonds is 6. The number of hydrogen-bond acceptors (Lipinski definition) is 5. The van der Waals surface area contributed by atoms with Gasteiger partial charge in [0.15, 0.2) is 11.5 Å². The molecule has 2 aromatic rings. The van der Waals surface area contributed by atoms with Crippen LogP contribution in [-0.4, -0.2) is 38.5 Å². The van der Waals surface area contributed by atoms with Gasteiger partial charge in [-0.05, 0) is 49.7 Å². The number of sulfonamides is 1. The molecule has 0 fully saturated rings. The Morgan fingerprint density at radius 1 is 1.11 bits per heavy atom. The summed E-state index contributed by atoms with van der Waals surface area (Å²) in [7, 11) is -1.96. The number of carbonyl (C=O) groups excluding carboxylic acids is 1. The Hall–Kier alpha value is -2.58. The summed E-state index contributed by atoms with van der Waals surface area (Å²) in [6, 6.07) is 11.4. The van der Waals surface area contributed by atoms with Crippen LogP contribution in [0.15, 0.2) is 47.4 Å². The highest BCUT2D eigenvalue weighted by Crippen LogP contribution is 2.32. The Morgan fingerprint density at radius 2 is 1.78 bits per heavy atom. The molecule has 1 N–H and O–H groups in total. The lowest BCUT2D eigenvalue weighted by Crippen LogP contribution is -2.33. The molecule has 2 aromatic carbocycles. The Morgan fingerprint density at radius 3 is 2.44 bits per heavy atom. The van der Waals surface area contributed by atoms with Crippen molar-refractivity contribution in [2.24, 2.45) is 0 Å². The quantitative estimate of drug-likeness (QED) is 0.819. The van der Waals surface area contributed by atoms with Gasteiger partial charge in [0.25, 0.3) is 5.91 Å². The van der Waals surface area contributed by atoms with E-state index in [9.17, 15) is 13.2 Å². The van der Waals surface area contributed by atoms with Gasteiger partial charge in [-0.3, -0.25) is 4.79 Å². The van der Waals surface area contributed by atoms with Crippen LogP contribution in [0.1, 0.15) is 29.8 Å². The maximum atomic E-state index is 12.5. The van der Waals surface area contributed by atoms with Crippen molar-refractivity contribution >= 4 is 15.9 Å². The molecule has 0 aliphatic carbocycles. The lowest BCUT2D eigenvalue weighted by atomic mass is 10.1. The van der Waals surface area contributed by atoms with Crippen LogP contribution in [0.5, 0.6) is 11.5 Å². The summed E-state index contributed by atoms with van der Waals surface area (Å²) in [5.41, 5.74) is 1.27. The Bertz CT molecular complexity index is 939. The van der Waals surface area contributed by atoms with Crippen LogP contribution in [0, 0.1) is 0 Å². The average molecular weight is 390 g/mol. The topological polar surface area (TPSA) is 84.9 Å². The van der Waals surface area contributed by atoms with Crippen molar-refractivity contribution in [3.8, 4) is 11.5 Å². The summed E-state index contributed by atoms with van der Waals surface area (Å²) in [6.45, 7) is 4.07. The predicted octanol–water partition coefficient (Wildman–Crippen LogP) is 2.37. The molecular formula is C19H22N2O5S. The number of nitrogens with zero attached hydrogens (tertiary/aromatic N) is 1. The standard InChI is InChI=1S/C19H22N2O5S/c1-13(2)21(3)27(23,24)16-7-4-14(5-8-16)11-20-19(22)15-6-9-17-18(10-15)26-12-25-17/h4-10,13H,11-12H2,1-3H3,(H,20,22). The van der Waals surface area contributed by atoms with Crippen LogP contribution in [0.3, 0.4) is 0 Å². The van der Waals surface area contributed by atoms with E-state index in [-0.39, 0.29) is 30.2 Å². The van der Waals surface area contributed by atoms with Gasteiger partial charge < -0.3 is 14.8 Å². The highest BCUT2D eigenvalue weighted by Gasteiger charge is 2.22. The van der Waals surface area contributed by atoms with Gasteiger partial charge in [-0.2, -0.15) is 4.31 Å². The van der Waals surface area contributed by atoms with E-state index in [1.807, 2.05) is 13.8 Å². The third-order valence-corrected chi connectivity index (χ3v) is 6.46. The molecule has 1 aliphatic heterocycles. The van der Waals surface area contributed by atoms with Gasteiger partial charge in [-0.25, -0.2) is 8.42 Å². The number of amides is 1. The minimum Gasteiger partial charge on any atom is -0.454 e. The summed E-state index contributed by atoms with van der Waals surface area (Å²) in [6.07, 6.45) is 0. The molecule has 0 atom stereocenters. The molecule has 1 aliphatic rings. The van der Waals surface area contributed by atoms with E-state index < -0.39 is 10.0 Å². The summed E-state index contributed by atoms with van der Waals surface area (Å²) in [5.74, 6) is 0.922. The summed E-state index contributed by atoms with van der Waals surface area (Å²) in [5, 5.41) is 2.81. The van der Waals surface area contributed by atoms with Gasteiger partial charge in [0.2, 0.25) is 16.8 Å². The van der Waals surface area contributed by atoms with Crippen molar-refractivity contribution in [1.29, 1.82) is 0 Å². The zero-order valence-corrected chi connectivity index (χ0v) is 16.2. The van der Waals surface area contributed by atoms with E-state index in [4.69, 9.17) is 9.47 Å². The van der Waals surface area contributed by atoms with E-state index in [2.05, 4.69) is 5.32 Å². The van der Waals surface area contributed by atoms with Crippen molar-refractivity contribution in [3.63, 3.8) is 0 Å². The van der Waals surface area contributed by atoms with Gasteiger partial charge in [0.05, 0.1) is 4.90 Å². The summed E-state index contributed by atoms with van der Waals surface area (Å²) >= 11 is 0. The molecular weight excluding hydrogens is 368 g/mol. The summed E-state index contributed by atoms with van der Waals surface area (Å²) < 4.78 is 36.7. The molecule has 3 rings (SSSR count). The van der Waals surface area contributed by atoms with E-state index >= 15 is 0 Å². The van der Waals surface area contributed by atoms with Crippen molar-refractivity contribution in [1.82, 2.24) is 9.62 Å². The molecule has 7 nitrogen and oxygen atoms in total. The number of fused-ring (bicyclic) bond motifs is 1. The first-order valence-corrected chi connectivity index (χ1v) is 9.98. The normalized spacial score (nSPS) is 13.2. The molecule has 0 saturated carbocycles. The molecule has 27 heavy (non-hydrogen) atoms. The first-order chi connectivity index (χ1) is 12.8. The maximum Gasteiger partial charge on any atom is 0.251 e. The van der Waals surface area contributed by atoms with Gasteiger partial charge in [0.1, 0.15) is 0 Å². The van der Waals surface area contributed by atoms with Crippen LogP contribution >= 0.6 is 0 Å². The highest BCUT2D eigenvalue weighted by molar-refractivity contribution is 7.89. The van der Waals surface area contributed by atoms with Crippen LogP contribution in [-0.2, 0) is 16.6 Å². The van der Waals surface area contributed by atoms with E-state index in [0.29, 0.717) is 17.1 Å². The number of carbonyl (C=O) groups is 1. The molecule has 0 bridgehead atoms. The maximum absolute atomic E-state index is 12.5. The molecule has 144 valence electrons. The first-order valence-electron chi connectivity index (χ1n) is 8.54. The van der Waals surface area contributed by atoms with Crippen molar-refractivity contribution < 1.29 is 22.7 Å². The van der Waals surface area contributed by atoms with Gasteiger partial charge in [-0.1, -0.05) is 12.1 Å². The third kappa shape index (κ3) is 4.06. The van der Waals surface area contributed by atoms with Crippen LogP contribution in [0.2, 0.25) is 0 Å². The van der Waals surface area contributed by atoms with Crippen LogP contribution in [0.4, 0.5) is 0 Å². The predicted molar refractivity (Wildman–Crippen MR) is 100 cm³/mol. The first kappa shape index (κ1) is 19.2. The van der Waals surface area contributed by atoms with Crippen LogP contribution in [0.25, 0.3) is 0 Å². The zero-order valence-electron chi connectivity index (χ0n) is 15.4. The molecule has 1 amide bonds. The third-order valence-electron chi connectivity index (χ3n) is 4.42. The average Bonchev–Trinajstić information content (AvgIpc) is 3.13. The fourth-order valence-corrected chi connectivity index (χ4v) is 3.91. The minimum absolute atomic E-state index is 0.129. The number of nitrogens with one attached hydrogen (secondary N) is 1.